The predicted octanol–water partition coefficient (Wildman–Crippen LogP) is 3.79. The number of hydrogen-bond donors (Lipinski definition) is 1. The van der Waals surface area contributed by atoms with Crippen LogP contribution in [0, 0.1) is 11.3 Å². The van der Waals surface area contributed by atoms with Crippen LogP contribution >= 0.6 is 23.8 Å². The maximum atomic E-state index is 8.87. The Labute approximate surface area is 120 Å². The van der Waals surface area contributed by atoms with Gasteiger partial charge in [-0.1, -0.05) is 36.0 Å². The third-order valence-corrected chi connectivity index (χ3v) is 2.86. The average Bonchev–Trinajstić information content (AvgIpc) is 2.84. The van der Waals surface area contributed by atoms with Gasteiger partial charge in [-0.25, -0.2) is 0 Å². The van der Waals surface area contributed by atoms with E-state index in [0.29, 0.717) is 16.5 Å². The molecule has 94 valence electrons. The lowest BCUT2D eigenvalue weighted by atomic mass is 10.2. The average molecular weight is 289 g/mol. The number of nitriles is 1. The Morgan fingerprint density at radius 3 is 2.79 bits per heavy atom. The van der Waals surface area contributed by atoms with Gasteiger partial charge in [0.2, 0.25) is 0 Å². The molecule has 0 saturated heterocycles. The lowest BCUT2D eigenvalue weighted by Gasteiger charge is -1.97. The highest BCUT2D eigenvalue weighted by molar-refractivity contribution is 7.80. The van der Waals surface area contributed by atoms with Gasteiger partial charge in [-0.05, 0) is 24.3 Å². The van der Waals surface area contributed by atoms with Crippen molar-refractivity contribution in [3.8, 4) is 17.4 Å². The summed E-state index contributed by atoms with van der Waals surface area (Å²) in [5.41, 5.74) is 6.49. The second-order valence-electron chi connectivity index (χ2n) is 3.75. The number of thiocarbonyl (C=S) groups is 1. The molecule has 0 spiro atoms. The van der Waals surface area contributed by atoms with Crippen molar-refractivity contribution < 1.29 is 4.42 Å². The first kappa shape index (κ1) is 13.3. The predicted molar refractivity (Wildman–Crippen MR) is 79.5 cm³/mol. The van der Waals surface area contributed by atoms with Gasteiger partial charge in [-0.3, -0.25) is 0 Å². The van der Waals surface area contributed by atoms with Gasteiger partial charge in [0.25, 0.3) is 0 Å². The standard InChI is InChI=1S/C14H9ClN2OS/c15-11-3-1-2-9(6-11)13-5-4-12(18-13)7-10(8-16)14(17)19/h1-7H,(H2,17,19)/b10-7+. The Bertz CT molecular complexity index is 697. The molecule has 1 aromatic carbocycles. The molecule has 0 fully saturated rings. The fraction of sp³-hybridized carbons (Fsp3) is 0. The minimum Gasteiger partial charge on any atom is -0.457 e. The van der Waals surface area contributed by atoms with Crippen LogP contribution in [0.25, 0.3) is 17.4 Å². The lowest BCUT2D eigenvalue weighted by molar-refractivity contribution is 0.571. The molecule has 0 bridgehead atoms. The fourth-order valence-electron chi connectivity index (χ4n) is 1.53. The topological polar surface area (TPSA) is 63.0 Å². The molecule has 2 N–H and O–H groups in total. The minimum absolute atomic E-state index is 0.0446. The van der Waals surface area contributed by atoms with Crippen LogP contribution in [0.1, 0.15) is 5.76 Å². The van der Waals surface area contributed by atoms with Crippen LogP contribution in [-0.4, -0.2) is 4.99 Å². The van der Waals surface area contributed by atoms with Gasteiger partial charge < -0.3 is 10.2 Å². The van der Waals surface area contributed by atoms with Gasteiger partial charge in [0, 0.05) is 16.7 Å². The summed E-state index contributed by atoms with van der Waals surface area (Å²) < 4.78 is 5.61. The van der Waals surface area contributed by atoms with E-state index in [4.69, 9.17) is 39.2 Å². The van der Waals surface area contributed by atoms with Gasteiger partial charge in [0.15, 0.2) is 0 Å². The summed E-state index contributed by atoms with van der Waals surface area (Å²) in [5.74, 6) is 1.17. The Morgan fingerprint density at radius 1 is 1.37 bits per heavy atom. The number of benzene rings is 1. The van der Waals surface area contributed by atoms with Crippen molar-refractivity contribution in [2.75, 3.05) is 0 Å². The molecule has 19 heavy (non-hydrogen) atoms. The summed E-state index contributed by atoms with van der Waals surface area (Å²) >= 11 is 10.7. The molecule has 0 amide bonds. The zero-order chi connectivity index (χ0) is 13.8. The quantitative estimate of drug-likeness (QED) is 0.530. The SMILES string of the molecule is N#C/C(=C\c1ccc(-c2cccc(Cl)c2)o1)C(N)=S. The van der Waals surface area contributed by atoms with Gasteiger partial charge in [-0.15, -0.1) is 0 Å². The normalized spacial score (nSPS) is 11.1. The highest BCUT2D eigenvalue weighted by Gasteiger charge is 2.06. The number of furan rings is 1. The summed E-state index contributed by atoms with van der Waals surface area (Å²) in [6, 6.07) is 12.8. The zero-order valence-electron chi connectivity index (χ0n) is 9.76. The molecule has 1 aromatic heterocycles. The lowest BCUT2D eigenvalue weighted by Crippen LogP contribution is -2.09. The first-order valence-electron chi connectivity index (χ1n) is 5.37. The fourth-order valence-corrected chi connectivity index (χ4v) is 1.82. The number of halogens is 1. The highest BCUT2D eigenvalue weighted by Crippen LogP contribution is 2.25. The second kappa shape index (κ2) is 5.70. The zero-order valence-corrected chi connectivity index (χ0v) is 11.3. The van der Waals surface area contributed by atoms with Crippen LogP contribution in [0.2, 0.25) is 5.02 Å². The van der Waals surface area contributed by atoms with Crippen LogP contribution in [0.5, 0.6) is 0 Å². The molecule has 0 aliphatic heterocycles. The van der Waals surface area contributed by atoms with Crippen LogP contribution in [-0.2, 0) is 0 Å². The monoisotopic (exact) mass is 288 g/mol. The summed E-state index contributed by atoms with van der Waals surface area (Å²) in [6.45, 7) is 0. The van der Waals surface area contributed by atoms with Crippen LogP contribution in [0.3, 0.4) is 0 Å². The summed E-state index contributed by atoms with van der Waals surface area (Å²) in [6.07, 6.45) is 1.51. The van der Waals surface area contributed by atoms with E-state index in [1.54, 1.807) is 24.3 Å². The number of nitrogens with two attached hydrogens (primary N) is 1. The van der Waals surface area contributed by atoms with Crippen molar-refractivity contribution in [2.45, 2.75) is 0 Å². The van der Waals surface area contributed by atoms with Gasteiger partial charge in [-0.2, -0.15) is 5.26 Å². The second-order valence-corrected chi connectivity index (χ2v) is 4.62. The Balaban J connectivity index is 2.35. The maximum Gasteiger partial charge on any atom is 0.134 e. The Kier molecular flexibility index (Phi) is 4.00. The van der Waals surface area contributed by atoms with Crippen molar-refractivity contribution in [1.82, 2.24) is 0 Å². The summed E-state index contributed by atoms with van der Waals surface area (Å²) in [7, 11) is 0. The van der Waals surface area contributed by atoms with Crippen LogP contribution in [0.4, 0.5) is 0 Å². The number of hydrogen-bond acceptors (Lipinski definition) is 3. The van der Waals surface area contributed by atoms with E-state index in [1.165, 1.54) is 6.08 Å². The molecule has 0 aliphatic rings. The van der Waals surface area contributed by atoms with E-state index in [2.05, 4.69) is 0 Å². The third-order valence-electron chi connectivity index (χ3n) is 2.41. The molecule has 0 aliphatic carbocycles. The molecular formula is C14H9ClN2OS. The van der Waals surface area contributed by atoms with Crippen molar-refractivity contribution in [2.24, 2.45) is 5.73 Å². The molecule has 0 unspecified atom stereocenters. The number of nitrogens with zero attached hydrogens (tertiary/aromatic N) is 1. The van der Waals surface area contributed by atoms with Crippen molar-refractivity contribution in [3.05, 3.63) is 52.8 Å². The Hall–Kier alpha value is -2.09. The first-order valence-corrected chi connectivity index (χ1v) is 6.16. The van der Waals surface area contributed by atoms with Gasteiger partial charge in [0.05, 0.1) is 5.57 Å². The summed E-state index contributed by atoms with van der Waals surface area (Å²) in [4.78, 5) is 0.0446. The highest BCUT2D eigenvalue weighted by atomic mass is 35.5. The largest absolute Gasteiger partial charge is 0.457 e. The van der Waals surface area contributed by atoms with Gasteiger partial charge in [0.1, 0.15) is 22.6 Å². The number of rotatable bonds is 3. The van der Waals surface area contributed by atoms with E-state index in [9.17, 15) is 0 Å². The molecule has 1 heterocycles. The molecule has 0 atom stereocenters. The first-order chi connectivity index (χ1) is 9.10. The molecular weight excluding hydrogens is 280 g/mol. The molecule has 3 nitrogen and oxygen atoms in total. The summed E-state index contributed by atoms with van der Waals surface area (Å²) in [5, 5.41) is 9.50. The molecule has 2 rings (SSSR count). The Morgan fingerprint density at radius 2 is 2.16 bits per heavy atom. The van der Waals surface area contributed by atoms with Crippen LogP contribution < -0.4 is 5.73 Å². The van der Waals surface area contributed by atoms with Gasteiger partial charge >= 0.3 is 0 Å². The maximum absolute atomic E-state index is 8.87. The van der Waals surface area contributed by atoms with Crippen LogP contribution in [0.15, 0.2) is 46.4 Å². The van der Waals surface area contributed by atoms with E-state index in [-0.39, 0.29) is 10.6 Å². The van der Waals surface area contributed by atoms with Crippen molar-refractivity contribution >= 4 is 34.9 Å². The third kappa shape index (κ3) is 3.22. The van der Waals surface area contributed by atoms with E-state index in [1.807, 2.05) is 18.2 Å². The molecule has 0 radical (unpaired) electrons. The van der Waals surface area contributed by atoms with E-state index in [0.717, 1.165) is 5.56 Å². The van der Waals surface area contributed by atoms with E-state index < -0.39 is 0 Å². The molecule has 0 saturated carbocycles. The minimum atomic E-state index is 0.0446. The molecule has 2 aromatic rings. The smallest absolute Gasteiger partial charge is 0.134 e. The van der Waals surface area contributed by atoms with E-state index >= 15 is 0 Å². The molecule has 5 heteroatoms. The van der Waals surface area contributed by atoms with Crippen molar-refractivity contribution in [1.29, 1.82) is 5.26 Å². The van der Waals surface area contributed by atoms with Crippen molar-refractivity contribution in [3.63, 3.8) is 0 Å².